The van der Waals surface area contributed by atoms with Gasteiger partial charge < -0.3 is 9.88 Å². The Morgan fingerprint density at radius 1 is 0.548 bits per heavy atom. The molecule has 3 aliphatic rings. The number of nitrogens with zero attached hydrogens (tertiary/aromatic N) is 3. The molecule has 13 rings (SSSR count). The number of aromatic nitrogens is 2. The van der Waals surface area contributed by atoms with Gasteiger partial charge in [0.05, 0.1) is 33.8 Å². The molecule has 4 nitrogen and oxygen atoms in total. The lowest BCUT2D eigenvalue weighted by atomic mass is 9.81. The lowest BCUT2D eigenvalue weighted by molar-refractivity contribution is 0.731. The second-order valence-electron chi connectivity index (χ2n) is 16.9. The van der Waals surface area contributed by atoms with Crippen molar-refractivity contribution in [3.63, 3.8) is 0 Å². The number of aliphatic imine (C=N–C) groups is 1. The van der Waals surface area contributed by atoms with Crippen LogP contribution in [0.15, 0.2) is 199 Å². The van der Waals surface area contributed by atoms with Gasteiger partial charge in [-0.2, -0.15) is 0 Å². The second kappa shape index (κ2) is 13.9. The molecule has 294 valence electrons. The summed E-state index contributed by atoms with van der Waals surface area (Å²) in [5, 5.41) is 11.5. The fraction of sp³-hybridized carbons (Fsp3) is 0.0862. The zero-order chi connectivity index (χ0) is 40.7. The maximum atomic E-state index is 5.33. The zero-order valence-electron chi connectivity index (χ0n) is 34.2. The van der Waals surface area contributed by atoms with Gasteiger partial charge in [-0.15, -0.1) is 0 Å². The van der Waals surface area contributed by atoms with Gasteiger partial charge in [-0.05, 0) is 106 Å². The van der Waals surface area contributed by atoms with E-state index in [1.165, 1.54) is 82.3 Å². The third-order valence-corrected chi connectivity index (χ3v) is 13.6. The zero-order valence-corrected chi connectivity index (χ0v) is 34.2. The van der Waals surface area contributed by atoms with Gasteiger partial charge in [0, 0.05) is 38.7 Å². The summed E-state index contributed by atoms with van der Waals surface area (Å²) in [6, 6.07) is 60.0. The van der Waals surface area contributed by atoms with Crippen molar-refractivity contribution in [1.82, 2.24) is 14.5 Å². The molecule has 2 aromatic heterocycles. The van der Waals surface area contributed by atoms with Crippen molar-refractivity contribution >= 4 is 72.1 Å². The molecule has 0 saturated heterocycles. The van der Waals surface area contributed by atoms with Crippen LogP contribution in [0.4, 0.5) is 5.69 Å². The van der Waals surface area contributed by atoms with Gasteiger partial charge in [0.1, 0.15) is 0 Å². The highest BCUT2D eigenvalue weighted by atomic mass is 15.2. The summed E-state index contributed by atoms with van der Waals surface area (Å²) in [6.07, 6.45) is 17.1. The van der Waals surface area contributed by atoms with Crippen LogP contribution in [0.2, 0.25) is 0 Å². The topological polar surface area (TPSA) is 34.2 Å². The molecule has 0 amide bonds. The van der Waals surface area contributed by atoms with E-state index in [1.54, 1.807) is 0 Å². The summed E-state index contributed by atoms with van der Waals surface area (Å²) in [7, 11) is 0. The van der Waals surface area contributed by atoms with E-state index in [-0.39, 0.29) is 6.04 Å². The smallest absolute Gasteiger partial charge is 0.209 e. The first kappa shape index (κ1) is 35.1. The summed E-state index contributed by atoms with van der Waals surface area (Å²) in [4.78, 5) is 5.33. The molecule has 10 aromatic rings. The highest BCUT2D eigenvalue weighted by Crippen LogP contribution is 2.47. The minimum atomic E-state index is -0.0368. The molecule has 4 heteroatoms. The van der Waals surface area contributed by atoms with Crippen molar-refractivity contribution in [1.29, 1.82) is 0 Å². The Hall–Kier alpha value is -7.69. The first-order valence-electron chi connectivity index (χ1n) is 21.9. The predicted octanol–water partition coefficient (Wildman–Crippen LogP) is 14.5. The number of rotatable bonds is 4. The summed E-state index contributed by atoms with van der Waals surface area (Å²) >= 11 is 0. The van der Waals surface area contributed by atoms with E-state index in [0.29, 0.717) is 5.92 Å². The van der Waals surface area contributed by atoms with Crippen LogP contribution in [0.5, 0.6) is 0 Å². The molecule has 2 atom stereocenters. The average molecular weight is 795 g/mol. The molecule has 0 radical (unpaired) electrons. The van der Waals surface area contributed by atoms with Crippen LogP contribution < -0.4 is 5.32 Å². The molecule has 1 aliphatic heterocycles. The molecule has 0 spiro atoms. The van der Waals surface area contributed by atoms with Crippen LogP contribution in [0, 0.1) is 0 Å². The van der Waals surface area contributed by atoms with E-state index in [9.17, 15) is 0 Å². The Morgan fingerprint density at radius 2 is 1.29 bits per heavy atom. The summed E-state index contributed by atoms with van der Waals surface area (Å²) in [6.45, 7) is 0. The maximum absolute atomic E-state index is 5.33. The molecule has 1 N–H and O–H groups in total. The van der Waals surface area contributed by atoms with Crippen LogP contribution in [-0.2, 0) is 6.42 Å². The summed E-state index contributed by atoms with van der Waals surface area (Å²) < 4.78 is 4.90. The SMILES string of the molecule is C1=CCC(c2cc3c(c4c2CCC=C4)c2c4ccccc4c(-c4ccccc4)cc2n3-c2ccc3c(c2)c2ccccc2n3C2=Nc3ccccc3C(c3ccccc3)N2)C=C1. The summed E-state index contributed by atoms with van der Waals surface area (Å²) in [5.41, 5.74) is 16.0. The number of nitrogens with one attached hydrogen (secondary N) is 1. The Bertz CT molecular complexity index is 3580. The third kappa shape index (κ3) is 5.29. The van der Waals surface area contributed by atoms with Gasteiger partial charge in [0.2, 0.25) is 5.96 Å². The highest BCUT2D eigenvalue weighted by Gasteiger charge is 2.29. The van der Waals surface area contributed by atoms with E-state index < -0.39 is 0 Å². The van der Waals surface area contributed by atoms with E-state index in [1.807, 2.05) is 0 Å². The Balaban J connectivity index is 1.11. The number of benzene rings is 8. The van der Waals surface area contributed by atoms with Crippen molar-refractivity contribution in [2.24, 2.45) is 4.99 Å². The van der Waals surface area contributed by atoms with Crippen molar-refractivity contribution < 1.29 is 0 Å². The normalized spacial score (nSPS) is 16.9. The van der Waals surface area contributed by atoms with Gasteiger partial charge >= 0.3 is 0 Å². The first-order valence-corrected chi connectivity index (χ1v) is 21.9. The molecular formula is C58H42N4. The van der Waals surface area contributed by atoms with Crippen molar-refractivity contribution in [2.45, 2.75) is 31.2 Å². The molecule has 0 saturated carbocycles. The standard InChI is InChI=1S/C58H42N4/c1-4-18-37(19-5-1)47-35-53-55(44-27-12-10-24-41(44)47)56-45-28-13-11-25-42(45)48(38-20-6-2-7-21-38)36-54(56)61(53)40-32-33-52-49(34-40)43-26-15-17-31-51(43)62(52)58-59-50-30-16-14-29-46(50)57(60-58)39-22-8-3-9-23-39/h1-10,12-20,22-24,26-36,38,57H,11,21,25H2,(H,59,60). The number of fused-ring (bicyclic) bond motifs is 11. The Morgan fingerprint density at radius 3 is 2.15 bits per heavy atom. The minimum absolute atomic E-state index is 0.0368. The van der Waals surface area contributed by atoms with Gasteiger partial charge in [0.15, 0.2) is 0 Å². The molecule has 8 aromatic carbocycles. The van der Waals surface area contributed by atoms with Crippen molar-refractivity contribution in [3.05, 3.63) is 222 Å². The average Bonchev–Trinajstić information content (AvgIpc) is 3.86. The van der Waals surface area contributed by atoms with Crippen LogP contribution in [0.1, 0.15) is 52.6 Å². The largest absolute Gasteiger partial charge is 0.344 e. The van der Waals surface area contributed by atoms with Gasteiger partial charge in [0.25, 0.3) is 0 Å². The number of para-hydroxylation sites is 2. The van der Waals surface area contributed by atoms with E-state index in [0.717, 1.165) is 47.6 Å². The lowest BCUT2D eigenvalue weighted by Crippen LogP contribution is -2.36. The number of allylic oxidation sites excluding steroid dienone is 5. The van der Waals surface area contributed by atoms with Gasteiger partial charge in [-0.3, -0.25) is 4.57 Å². The minimum Gasteiger partial charge on any atom is -0.344 e. The van der Waals surface area contributed by atoms with E-state index >= 15 is 0 Å². The second-order valence-corrected chi connectivity index (χ2v) is 16.9. The molecule has 3 heterocycles. The van der Waals surface area contributed by atoms with Crippen molar-refractivity contribution in [2.75, 3.05) is 0 Å². The maximum Gasteiger partial charge on any atom is 0.209 e. The van der Waals surface area contributed by atoms with Crippen LogP contribution in [0.3, 0.4) is 0 Å². The Labute approximate surface area is 360 Å². The van der Waals surface area contributed by atoms with Crippen molar-refractivity contribution in [3.8, 4) is 16.8 Å². The Kier molecular flexibility index (Phi) is 7.89. The molecule has 0 fully saturated rings. The molecule has 0 bridgehead atoms. The number of hydrogen-bond acceptors (Lipinski definition) is 2. The van der Waals surface area contributed by atoms with Crippen LogP contribution >= 0.6 is 0 Å². The molecule has 2 aliphatic carbocycles. The monoisotopic (exact) mass is 794 g/mol. The predicted molar refractivity (Wildman–Crippen MR) is 260 cm³/mol. The van der Waals surface area contributed by atoms with E-state index in [2.05, 4.69) is 215 Å². The molecule has 2 unspecified atom stereocenters. The quantitative estimate of drug-likeness (QED) is 0.189. The highest BCUT2D eigenvalue weighted by molar-refractivity contribution is 6.26. The summed E-state index contributed by atoms with van der Waals surface area (Å²) in [5.74, 6) is 1.16. The van der Waals surface area contributed by atoms with E-state index in [4.69, 9.17) is 4.99 Å². The number of hydrogen-bond donors (Lipinski definition) is 1. The molecule has 62 heavy (non-hydrogen) atoms. The first-order chi connectivity index (χ1) is 30.8. The van der Waals surface area contributed by atoms with Crippen LogP contribution in [-0.4, -0.2) is 15.1 Å². The van der Waals surface area contributed by atoms with Crippen LogP contribution in [0.25, 0.3) is 77.3 Å². The molecular weight excluding hydrogens is 753 g/mol. The third-order valence-electron chi connectivity index (χ3n) is 13.6. The van der Waals surface area contributed by atoms with Gasteiger partial charge in [-0.1, -0.05) is 158 Å². The van der Waals surface area contributed by atoms with Gasteiger partial charge in [-0.25, -0.2) is 4.99 Å². The fourth-order valence-corrected chi connectivity index (χ4v) is 10.8. The fourth-order valence-electron chi connectivity index (χ4n) is 10.8. The lowest BCUT2D eigenvalue weighted by Gasteiger charge is -2.28.